The molecule has 5 heteroatoms. The van der Waals surface area contributed by atoms with Gasteiger partial charge in [-0.25, -0.2) is 9.18 Å². The highest BCUT2D eigenvalue weighted by atomic mass is 19.1. The third kappa shape index (κ3) is 5.69. The van der Waals surface area contributed by atoms with Crippen LogP contribution in [-0.2, 0) is 12.8 Å². The maximum atomic E-state index is 13.1. The molecule has 2 saturated heterocycles. The van der Waals surface area contributed by atoms with Gasteiger partial charge in [-0.1, -0.05) is 25.1 Å². The average Bonchev–Trinajstić information content (AvgIpc) is 2.82. The van der Waals surface area contributed by atoms with E-state index in [-0.39, 0.29) is 5.82 Å². The fourth-order valence-corrected chi connectivity index (χ4v) is 5.30. The third-order valence-electron chi connectivity index (χ3n) is 7.32. The summed E-state index contributed by atoms with van der Waals surface area (Å²) in [4.78, 5) is 16.6. The fraction of sp³-hybridized carbons (Fsp3) is 0.519. The second-order valence-electron chi connectivity index (χ2n) is 9.52. The molecule has 2 aromatic rings. The van der Waals surface area contributed by atoms with Crippen molar-refractivity contribution in [1.29, 1.82) is 0 Å². The van der Waals surface area contributed by atoms with Crippen LogP contribution in [0.1, 0.15) is 54.1 Å². The number of benzene rings is 2. The molecule has 2 aliphatic heterocycles. The van der Waals surface area contributed by atoms with Gasteiger partial charge < -0.3 is 14.9 Å². The second-order valence-corrected chi connectivity index (χ2v) is 9.52. The monoisotopic (exact) mass is 438 g/mol. The lowest BCUT2D eigenvalue weighted by molar-refractivity contribution is 0.0697. The van der Waals surface area contributed by atoms with Crippen molar-refractivity contribution in [3.8, 4) is 0 Å². The summed E-state index contributed by atoms with van der Waals surface area (Å²) in [5, 5.41) is 9.66. The molecule has 4 rings (SSSR count). The molecule has 0 atom stereocenters. The Labute approximate surface area is 191 Å². The summed E-state index contributed by atoms with van der Waals surface area (Å²) >= 11 is 0. The molecule has 0 amide bonds. The quantitative estimate of drug-likeness (QED) is 0.641. The van der Waals surface area contributed by atoms with Crippen LogP contribution in [0.3, 0.4) is 0 Å². The van der Waals surface area contributed by atoms with E-state index in [1.54, 1.807) is 12.1 Å². The van der Waals surface area contributed by atoms with E-state index in [1.807, 2.05) is 24.3 Å². The summed E-state index contributed by atoms with van der Waals surface area (Å²) in [6, 6.07) is 12.9. The average molecular weight is 439 g/mol. The summed E-state index contributed by atoms with van der Waals surface area (Å²) in [6.45, 7) is 7.35. The number of anilines is 1. The Bertz CT molecular complexity index is 898. The van der Waals surface area contributed by atoms with Crippen molar-refractivity contribution < 1.29 is 14.3 Å². The summed E-state index contributed by atoms with van der Waals surface area (Å²) in [7, 11) is 0. The van der Waals surface area contributed by atoms with E-state index < -0.39 is 5.97 Å². The van der Waals surface area contributed by atoms with Crippen LogP contribution >= 0.6 is 0 Å². The van der Waals surface area contributed by atoms with Gasteiger partial charge in [-0.15, -0.1) is 0 Å². The van der Waals surface area contributed by atoms with Crippen LogP contribution in [-0.4, -0.2) is 48.7 Å². The molecule has 2 aromatic carbocycles. The molecule has 0 saturated carbocycles. The highest BCUT2D eigenvalue weighted by Gasteiger charge is 2.26. The minimum Gasteiger partial charge on any atom is -0.478 e. The first-order chi connectivity index (χ1) is 15.5. The molecule has 2 heterocycles. The van der Waals surface area contributed by atoms with Crippen molar-refractivity contribution in [3.63, 3.8) is 0 Å². The van der Waals surface area contributed by atoms with E-state index in [0.29, 0.717) is 17.4 Å². The Balaban J connectivity index is 1.24. The number of piperidine rings is 2. The molecular weight excluding hydrogens is 403 g/mol. The molecule has 0 bridgehead atoms. The lowest BCUT2D eigenvalue weighted by Gasteiger charge is -2.38. The fourth-order valence-electron chi connectivity index (χ4n) is 5.30. The largest absolute Gasteiger partial charge is 0.478 e. The topological polar surface area (TPSA) is 43.8 Å². The number of carboxylic acid groups (broad SMARTS) is 1. The summed E-state index contributed by atoms with van der Waals surface area (Å²) < 4.78 is 13.1. The van der Waals surface area contributed by atoms with Crippen LogP contribution in [0, 0.1) is 17.7 Å². The number of nitrogens with zero attached hydrogens (tertiary/aromatic N) is 2. The van der Waals surface area contributed by atoms with Crippen molar-refractivity contribution >= 4 is 11.7 Å². The maximum Gasteiger partial charge on any atom is 0.337 e. The molecule has 1 N–H and O–H groups in total. The number of rotatable bonds is 7. The predicted molar refractivity (Wildman–Crippen MR) is 127 cm³/mol. The molecule has 0 aliphatic carbocycles. The van der Waals surface area contributed by atoms with Crippen LogP contribution in [0.2, 0.25) is 0 Å². The highest BCUT2D eigenvalue weighted by molar-refractivity contribution is 5.94. The van der Waals surface area contributed by atoms with Gasteiger partial charge in [-0.05, 0) is 98.8 Å². The molecule has 0 radical (unpaired) electrons. The van der Waals surface area contributed by atoms with Crippen molar-refractivity contribution in [2.75, 3.05) is 37.6 Å². The van der Waals surface area contributed by atoms with Gasteiger partial charge in [-0.3, -0.25) is 0 Å². The molecule has 32 heavy (non-hydrogen) atoms. The molecule has 4 nitrogen and oxygen atoms in total. The van der Waals surface area contributed by atoms with Gasteiger partial charge in [0, 0.05) is 19.6 Å². The van der Waals surface area contributed by atoms with E-state index in [0.717, 1.165) is 69.7 Å². The summed E-state index contributed by atoms with van der Waals surface area (Å²) in [5.41, 5.74) is 3.62. The van der Waals surface area contributed by atoms with Gasteiger partial charge in [0.2, 0.25) is 0 Å². The minimum atomic E-state index is -0.832. The summed E-state index contributed by atoms with van der Waals surface area (Å²) in [5.74, 6) is 0.384. The minimum absolute atomic E-state index is 0.160. The van der Waals surface area contributed by atoms with Crippen LogP contribution in [0.25, 0.3) is 0 Å². The standard InChI is InChI=1S/C27H35FN2O2/c1-2-20-5-8-26(25(18-20)27(31)32)30-15-11-23(12-16-30)19-29-13-9-22(10-14-29)17-21-3-6-24(28)7-4-21/h3-8,18,22-23H,2,9-17,19H2,1H3,(H,31,32). The van der Waals surface area contributed by atoms with E-state index in [2.05, 4.69) is 22.8 Å². The Morgan fingerprint density at radius 2 is 1.56 bits per heavy atom. The normalized spacial score (nSPS) is 18.8. The Morgan fingerprint density at radius 3 is 2.19 bits per heavy atom. The molecular formula is C27H35FN2O2. The van der Waals surface area contributed by atoms with Gasteiger partial charge in [0.05, 0.1) is 11.3 Å². The number of hydrogen-bond donors (Lipinski definition) is 1. The van der Waals surface area contributed by atoms with Crippen LogP contribution < -0.4 is 4.90 Å². The molecule has 2 fully saturated rings. The lowest BCUT2D eigenvalue weighted by atomic mass is 9.89. The number of carboxylic acids is 1. The smallest absolute Gasteiger partial charge is 0.337 e. The molecule has 0 unspecified atom stereocenters. The van der Waals surface area contributed by atoms with Gasteiger partial charge >= 0.3 is 5.97 Å². The first-order valence-electron chi connectivity index (χ1n) is 12.1. The maximum absolute atomic E-state index is 13.1. The van der Waals surface area contributed by atoms with Crippen molar-refractivity contribution in [2.24, 2.45) is 11.8 Å². The Kier molecular flexibility index (Phi) is 7.46. The number of hydrogen-bond acceptors (Lipinski definition) is 3. The number of aryl methyl sites for hydroxylation is 1. The van der Waals surface area contributed by atoms with Crippen LogP contribution in [0.4, 0.5) is 10.1 Å². The van der Waals surface area contributed by atoms with Crippen molar-refractivity contribution in [3.05, 3.63) is 65.0 Å². The first-order valence-corrected chi connectivity index (χ1v) is 12.1. The number of aromatic carboxylic acids is 1. The lowest BCUT2D eigenvalue weighted by Crippen LogP contribution is -2.42. The summed E-state index contributed by atoms with van der Waals surface area (Å²) in [6.07, 6.45) is 6.55. The van der Waals surface area contributed by atoms with Crippen LogP contribution in [0.5, 0.6) is 0 Å². The van der Waals surface area contributed by atoms with E-state index in [4.69, 9.17) is 0 Å². The van der Waals surface area contributed by atoms with Gasteiger partial charge in [0.1, 0.15) is 5.82 Å². The molecule has 2 aliphatic rings. The SMILES string of the molecule is CCc1ccc(N2CCC(CN3CCC(Cc4ccc(F)cc4)CC3)CC2)c(C(=O)O)c1. The van der Waals surface area contributed by atoms with Gasteiger partial charge in [-0.2, -0.15) is 0 Å². The third-order valence-corrected chi connectivity index (χ3v) is 7.32. The number of halogens is 1. The van der Waals surface area contributed by atoms with E-state index in [9.17, 15) is 14.3 Å². The number of likely N-dealkylation sites (tertiary alicyclic amines) is 1. The van der Waals surface area contributed by atoms with E-state index >= 15 is 0 Å². The highest BCUT2D eigenvalue weighted by Crippen LogP contribution is 2.29. The van der Waals surface area contributed by atoms with Crippen LogP contribution in [0.15, 0.2) is 42.5 Å². The Hall–Kier alpha value is -2.40. The first kappa shape index (κ1) is 22.8. The number of carbonyl (C=O) groups is 1. The second kappa shape index (κ2) is 10.5. The van der Waals surface area contributed by atoms with Gasteiger partial charge in [0.25, 0.3) is 0 Å². The van der Waals surface area contributed by atoms with Crippen molar-refractivity contribution in [1.82, 2.24) is 4.90 Å². The van der Waals surface area contributed by atoms with E-state index in [1.165, 1.54) is 18.4 Å². The predicted octanol–water partition coefficient (Wildman–Crippen LogP) is 5.26. The van der Waals surface area contributed by atoms with Gasteiger partial charge in [0.15, 0.2) is 0 Å². The molecule has 0 spiro atoms. The zero-order valence-corrected chi connectivity index (χ0v) is 19.1. The molecule has 172 valence electrons. The Morgan fingerprint density at radius 1 is 0.938 bits per heavy atom. The zero-order chi connectivity index (χ0) is 22.5. The molecule has 0 aromatic heterocycles. The zero-order valence-electron chi connectivity index (χ0n) is 19.1. The van der Waals surface area contributed by atoms with Crippen molar-refractivity contribution in [2.45, 2.75) is 45.4 Å².